The summed E-state index contributed by atoms with van der Waals surface area (Å²) in [4.78, 5) is 0.120. The number of sulfonamides is 2. The van der Waals surface area contributed by atoms with E-state index in [1.807, 2.05) is 19.1 Å². The molecule has 0 saturated carbocycles. The van der Waals surface area contributed by atoms with E-state index in [2.05, 4.69) is 0 Å². The zero-order valence-electron chi connectivity index (χ0n) is 22.9. The topological polar surface area (TPSA) is 93.2 Å². The highest BCUT2D eigenvalue weighted by Crippen LogP contribution is 2.29. The summed E-state index contributed by atoms with van der Waals surface area (Å²) in [7, 11) is -4.58. The van der Waals surface area contributed by atoms with E-state index in [1.54, 1.807) is 44.6 Å². The van der Waals surface area contributed by atoms with Crippen LogP contribution in [0.5, 0.6) is 11.5 Å². The van der Waals surface area contributed by atoms with E-state index >= 15 is 0 Å². The van der Waals surface area contributed by atoms with Crippen molar-refractivity contribution >= 4 is 31.6 Å². The average molecular weight is 607 g/mol. The zero-order chi connectivity index (χ0) is 28.9. The van der Waals surface area contributed by atoms with Crippen LogP contribution >= 0.6 is 11.6 Å². The van der Waals surface area contributed by atoms with Crippen molar-refractivity contribution in [1.29, 1.82) is 0 Å². The molecule has 216 valence electrons. The number of rotatable bonds is 11. The van der Waals surface area contributed by atoms with Crippen LogP contribution in [0.1, 0.15) is 37.3 Å². The number of hydrogen-bond donors (Lipinski definition) is 0. The molecule has 0 N–H and O–H groups in total. The summed E-state index contributed by atoms with van der Waals surface area (Å²) in [5, 5.41) is 0.559. The minimum atomic E-state index is -3.97. The van der Waals surface area contributed by atoms with Gasteiger partial charge in [-0.05, 0) is 85.8 Å². The van der Waals surface area contributed by atoms with E-state index in [9.17, 15) is 16.8 Å². The van der Waals surface area contributed by atoms with E-state index < -0.39 is 20.0 Å². The summed E-state index contributed by atoms with van der Waals surface area (Å²) in [6.45, 7) is 2.68. The Balaban J connectivity index is 1.61. The molecule has 4 rings (SSSR count). The first-order valence-corrected chi connectivity index (χ1v) is 16.4. The fourth-order valence-corrected chi connectivity index (χ4v) is 8.12. The van der Waals surface area contributed by atoms with Crippen LogP contribution < -0.4 is 9.47 Å². The smallest absolute Gasteiger partial charge is 0.243 e. The molecule has 1 heterocycles. The molecule has 1 saturated heterocycles. The van der Waals surface area contributed by atoms with Gasteiger partial charge < -0.3 is 9.47 Å². The van der Waals surface area contributed by atoms with Gasteiger partial charge in [0.15, 0.2) is 11.5 Å². The molecule has 0 bridgehead atoms. The van der Waals surface area contributed by atoms with E-state index in [0.29, 0.717) is 29.5 Å². The largest absolute Gasteiger partial charge is 0.493 e. The summed E-state index contributed by atoms with van der Waals surface area (Å²) in [5.74, 6) is 1.15. The molecule has 8 nitrogen and oxygen atoms in total. The minimum absolute atomic E-state index is 0.0272. The zero-order valence-corrected chi connectivity index (χ0v) is 25.3. The first kappa shape index (κ1) is 30.3. The number of piperidine rings is 1. The van der Waals surface area contributed by atoms with Crippen LogP contribution in [0.4, 0.5) is 0 Å². The van der Waals surface area contributed by atoms with Crippen LogP contribution in [0.3, 0.4) is 0 Å². The summed E-state index contributed by atoms with van der Waals surface area (Å²) < 4.78 is 67.8. The molecule has 0 amide bonds. The van der Waals surface area contributed by atoms with Gasteiger partial charge in [-0.1, -0.05) is 36.2 Å². The maximum Gasteiger partial charge on any atom is 0.243 e. The highest BCUT2D eigenvalue weighted by Gasteiger charge is 2.32. The van der Waals surface area contributed by atoms with Crippen molar-refractivity contribution in [1.82, 2.24) is 8.61 Å². The molecular weight excluding hydrogens is 572 g/mol. The molecule has 0 radical (unpaired) electrons. The summed E-state index contributed by atoms with van der Waals surface area (Å²) >= 11 is 6.04. The highest BCUT2D eigenvalue weighted by atomic mass is 35.5. The van der Waals surface area contributed by atoms with Crippen molar-refractivity contribution in [2.75, 3.05) is 27.3 Å². The Labute approximate surface area is 242 Å². The normalized spacial score (nSPS) is 16.7. The van der Waals surface area contributed by atoms with E-state index in [1.165, 1.54) is 32.9 Å². The fraction of sp³-hybridized carbons (Fsp3) is 0.379. The molecule has 1 aliphatic rings. The average Bonchev–Trinajstić information content (AvgIpc) is 2.96. The number of benzene rings is 3. The number of hydrogen-bond acceptors (Lipinski definition) is 6. The number of ether oxygens (including phenoxy) is 2. The highest BCUT2D eigenvalue weighted by molar-refractivity contribution is 7.89. The quantitative estimate of drug-likeness (QED) is 0.292. The monoisotopic (exact) mass is 606 g/mol. The molecule has 11 heteroatoms. The van der Waals surface area contributed by atoms with Crippen LogP contribution in [-0.4, -0.2) is 58.8 Å². The Morgan fingerprint density at radius 1 is 0.850 bits per heavy atom. The Kier molecular flexibility index (Phi) is 9.79. The molecule has 3 aromatic rings. The predicted octanol–water partition coefficient (Wildman–Crippen LogP) is 5.35. The van der Waals surface area contributed by atoms with Gasteiger partial charge >= 0.3 is 0 Å². The van der Waals surface area contributed by atoms with Gasteiger partial charge in [0.1, 0.15) is 0 Å². The Bertz CT molecular complexity index is 1510. The first-order valence-electron chi connectivity index (χ1n) is 13.1. The molecular formula is C29H35ClN2O6S2. The van der Waals surface area contributed by atoms with Gasteiger partial charge in [0.25, 0.3) is 0 Å². The lowest BCUT2D eigenvalue weighted by Gasteiger charge is -2.32. The number of methoxy groups -OCH3 is 2. The summed E-state index contributed by atoms with van der Waals surface area (Å²) in [5.41, 5.74) is 1.66. The third-order valence-electron chi connectivity index (χ3n) is 7.18. The third kappa shape index (κ3) is 6.80. The fourth-order valence-electron chi connectivity index (χ4n) is 4.86. The number of nitrogens with zero attached hydrogens (tertiary/aromatic N) is 2. The lowest BCUT2D eigenvalue weighted by Crippen LogP contribution is -2.41. The Morgan fingerprint density at radius 2 is 1.48 bits per heavy atom. The Hall–Kier alpha value is -2.63. The molecule has 40 heavy (non-hydrogen) atoms. The van der Waals surface area contributed by atoms with Crippen LogP contribution in [0.15, 0.2) is 76.5 Å². The van der Waals surface area contributed by atoms with Gasteiger partial charge in [-0.3, -0.25) is 0 Å². The minimum Gasteiger partial charge on any atom is -0.493 e. The third-order valence-corrected chi connectivity index (χ3v) is 11.3. The van der Waals surface area contributed by atoms with Crippen LogP contribution in [0.2, 0.25) is 5.02 Å². The van der Waals surface area contributed by atoms with Crippen LogP contribution in [-0.2, 0) is 33.0 Å². The van der Waals surface area contributed by atoms with Crippen molar-refractivity contribution in [3.63, 3.8) is 0 Å². The van der Waals surface area contributed by atoms with Crippen molar-refractivity contribution in [3.05, 3.63) is 82.9 Å². The van der Waals surface area contributed by atoms with Crippen molar-refractivity contribution in [2.24, 2.45) is 0 Å². The predicted molar refractivity (Wildman–Crippen MR) is 156 cm³/mol. The van der Waals surface area contributed by atoms with Crippen LogP contribution in [0, 0.1) is 0 Å². The summed E-state index contributed by atoms with van der Waals surface area (Å²) in [6, 6.07) is 17.9. The van der Waals surface area contributed by atoms with E-state index in [0.717, 1.165) is 30.4 Å². The van der Waals surface area contributed by atoms with Crippen LogP contribution in [0.25, 0.3) is 0 Å². The van der Waals surface area contributed by atoms with Crippen molar-refractivity contribution in [2.45, 2.75) is 55.0 Å². The standard InChI is InChI=1S/C29H35ClN2O6S2/c1-22-6-4-5-18-32(22)40(35,36)27-14-12-26(13-15-27)39(33,34)31(21-24-7-10-25(30)11-8-24)19-17-23-9-16-28(37-2)29(20-23)38-3/h7-16,20,22H,4-6,17-19,21H2,1-3H3/t22-/m0/s1. The molecule has 1 aliphatic heterocycles. The second-order valence-corrected chi connectivity index (χ2v) is 14.1. The lowest BCUT2D eigenvalue weighted by molar-refractivity contribution is 0.268. The molecule has 0 aromatic heterocycles. The molecule has 0 unspecified atom stereocenters. The van der Waals surface area contributed by atoms with Crippen molar-refractivity contribution in [3.8, 4) is 11.5 Å². The Morgan fingerprint density at radius 3 is 2.10 bits per heavy atom. The van der Waals surface area contributed by atoms with Gasteiger partial charge in [-0.2, -0.15) is 8.61 Å². The maximum atomic E-state index is 13.9. The van der Waals surface area contributed by atoms with Crippen molar-refractivity contribution < 1.29 is 26.3 Å². The van der Waals surface area contributed by atoms with Gasteiger partial charge in [0, 0.05) is 30.7 Å². The van der Waals surface area contributed by atoms with E-state index in [-0.39, 0.29) is 28.9 Å². The maximum absolute atomic E-state index is 13.9. The molecule has 1 atom stereocenters. The van der Waals surface area contributed by atoms with Gasteiger partial charge in [-0.25, -0.2) is 16.8 Å². The number of halogens is 1. The van der Waals surface area contributed by atoms with E-state index in [4.69, 9.17) is 21.1 Å². The molecule has 0 aliphatic carbocycles. The SMILES string of the molecule is COc1ccc(CCN(Cc2ccc(Cl)cc2)S(=O)(=O)c2ccc(S(=O)(=O)N3CCCC[C@@H]3C)cc2)cc1OC. The van der Waals surface area contributed by atoms with Gasteiger partial charge in [-0.15, -0.1) is 0 Å². The van der Waals surface area contributed by atoms with Gasteiger partial charge in [0.2, 0.25) is 20.0 Å². The molecule has 3 aromatic carbocycles. The lowest BCUT2D eigenvalue weighted by atomic mass is 10.1. The second-order valence-electron chi connectivity index (χ2n) is 9.84. The molecule has 0 spiro atoms. The summed E-state index contributed by atoms with van der Waals surface area (Å²) in [6.07, 6.45) is 3.05. The molecule has 1 fully saturated rings. The van der Waals surface area contributed by atoms with Gasteiger partial charge in [0.05, 0.1) is 24.0 Å². The second kappa shape index (κ2) is 12.9. The first-order chi connectivity index (χ1) is 19.1.